The van der Waals surface area contributed by atoms with E-state index in [2.05, 4.69) is 43.7 Å². The van der Waals surface area contributed by atoms with Crippen molar-refractivity contribution in [1.29, 1.82) is 0 Å². The van der Waals surface area contributed by atoms with E-state index in [1.807, 2.05) is 13.8 Å². The topological polar surface area (TPSA) is 146 Å². The lowest BCUT2D eigenvalue weighted by Gasteiger charge is -2.24. The van der Waals surface area contributed by atoms with Gasteiger partial charge in [-0.15, -0.1) is 0 Å². The molecule has 0 saturated carbocycles. The van der Waals surface area contributed by atoms with Crippen LogP contribution in [0.15, 0.2) is 11.4 Å². The maximum atomic E-state index is 8.70. The first-order valence-corrected chi connectivity index (χ1v) is 9.94. The Morgan fingerprint density at radius 1 is 1.33 bits per heavy atom. The Morgan fingerprint density at radius 3 is 2.90 bits per heavy atom. The number of unbranched alkanes of at least 4 members (excludes halogenated alkanes) is 2. The number of aromatic nitrogens is 4. The van der Waals surface area contributed by atoms with Gasteiger partial charge in [-0.3, -0.25) is 4.57 Å². The highest BCUT2D eigenvalue weighted by atomic mass is 16.8. The normalized spacial score (nSPS) is 26.8. The smallest absolute Gasteiger partial charge is 0.208 e. The van der Waals surface area contributed by atoms with Crippen LogP contribution in [0.1, 0.15) is 52.1 Å². The summed E-state index contributed by atoms with van der Waals surface area (Å²) in [6, 6.07) is 0. The van der Waals surface area contributed by atoms with Crippen molar-refractivity contribution in [3.63, 3.8) is 0 Å². The SMILES string of the molecule is CCCCC#Cc1nc(N)c2ncn([C@@H]3O[C@H](CN=[N+]=[N-])[C@H]4OC(C)(C)O[C@H]43)c2n1. The van der Waals surface area contributed by atoms with Gasteiger partial charge in [0.15, 0.2) is 23.5 Å². The summed E-state index contributed by atoms with van der Waals surface area (Å²) >= 11 is 0. The minimum absolute atomic E-state index is 0.130. The first-order valence-electron chi connectivity index (χ1n) is 9.94. The third-order valence-corrected chi connectivity index (χ3v) is 5.03. The van der Waals surface area contributed by atoms with Crippen molar-refractivity contribution in [2.75, 3.05) is 12.3 Å². The molecule has 2 aliphatic heterocycles. The zero-order valence-electron chi connectivity index (χ0n) is 17.1. The van der Waals surface area contributed by atoms with Gasteiger partial charge in [0.1, 0.15) is 17.7 Å². The van der Waals surface area contributed by atoms with Crippen molar-refractivity contribution in [2.45, 2.75) is 70.4 Å². The summed E-state index contributed by atoms with van der Waals surface area (Å²) in [4.78, 5) is 16.0. The molecule has 2 fully saturated rings. The van der Waals surface area contributed by atoms with Crippen LogP contribution in [0.25, 0.3) is 21.6 Å². The van der Waals surface area contributed by atoms with Crippen LogP contribution in [0, 0.1) is 11.8 Å². The quantitative estimate of drug-likeness (QED) is 0.261. The Morgan fingerprint density at radius 2 is 2.13 bits per heavy atom. The van der Waals surface area contributed by atoms with Gasteiger partial charge in [0, 0.05) is 11.3 Å². The number of hydrogen-bond acceptors (Lipinski definition) is 8. The van der Waals surface area contributed by atoms with E-state index in [0.717, 1.165) is 19.3 Å². The summed E-state index contributed by atoms with van der Waals surface area (Å²) in [5.74, 6) is 5.84. The van der Waals surface area contributed by atoms with Gasteiger partial charge in [-0.05, 0) is 31.7 Å². The second kappa shape index (κ2) is 8.08. The molecule has 158 valence electrons. The van der Waals surface area contributed by atoms with E-state index in [1.165, 1.54) is 0 Å². The first kappa shape index (κ1) is 20.4. The zero-order valence-corrected chi connectivity index (χ0v) is 17.1. The summed E-state index contributed by atoms with van der Waals surface area (Å²) < 4.78 is 20.0. The molecule has 4 atom stereocenters. The number of nitrogens with two attached hydrogens (primary N) is 1. The van der Waals surface area contributed by atoms with Gasteiger partial charge in [-0.25, -0.2) is 15.0 Å². The van der Waals surface area contributed by atoms with E-state index < -0.39 is 24.2 Å². The van der Waals surface area contributed by atoms with Crippen LogP contribution >= 0.6 is 0 Å². The van der Waals surface area contributed by atoms with E-state index >= 15 is 0 Å². The lowest BCUT2D eigenvalue weighted by molar-refractivity contribution is -0.195. The molecule has 2 aliphatic rings. The number of nitrogens with zero attached hydrogens (tertiary/aromatic N) is 7. The monoisotopic (exact) mass is 412 g/mol. The summed E-state index contributed by atoms with van der Waals surface area (Å²) in [7, 11) is 0. The molecule has 0 bridgehead atoms. The first-order chi connectivity index (χ1) is 14.4. The van der Waals surface area contributed by atoms with Gasteiger partial charge < -0.3 is 19.9 Å². The van der Waals surface area contributed by atoms with Crippen LogP contribution in [0.5, 0.6) is 0 Å². The molecular formula is C19H24N8O3. The molecule has 0 aliphatic carbocycles. The fraction of sp³-hybridized carbons (Fsp3) is 0.632. The third-order valence-electron chi connectivity index (χ3n) is 5.03. The average Bonchev–Trinajstić information content (AvgIpc) is 3.35. The van der Waals surface area contributed by atoms with Crippen LogP contribution in [0.2, 0.25) is 0 Å². The van der Waals surface area contributed by atoms with Gasteiger partial charge in [0.25, 0.3) is 0 Å². The van der Waals surface area contributed by atoms with E-state index in [1.54, 1.807) is 10.9 Å². The van der Waals surface area contributed by atoms with Crippen molar-refractivity contribution in [1.82, 2.24) is 19.5 Å². The number of hydrogen-bond donors (Lipinski definition) is 1. The van der Waals surface area contributed by atoms with Gasteiger partial charge in [0.05, 0.1) is 19.0 Å². The fourth-order valence-electron chi connectivity index (χ4n) is 3.73. The molecule has 0 amide bonds. The van der Waals surface area contributed by atoms with Crippen LogP contribution in [0.3, 0.4) is 0 Å². The highest BCUT2D eigenvalue weighted by Gasteiger charge is 2.55. The molecule has 2 saturated heterocycles. The van der Waals surface area contributed by atoms with Gasteiger partial charge in [-0.2, -0.15) is 0 Å². The van der Waals surface area contributed by atoms with Crippen molar-refractivity contribution < 1.29 is 14.2 Å². The molecule has 0 aromatic carbocycles. The summed E-state index contributed by atoms with van der Waals surface area (Å²) in [5, 5.41) is 3.65. The molecule has 0 spiro atoms. The summed E-state index contributed by atoms with van der Waals surface area (Å²) in [6.45, 7) is 5.92. The summed E-state index contributed by atoms with van der Waals surface area (Å²) in [6.07, 6.45) is 2.61. The predicted octanol–water partition coefficient (Wildman–Crippen LogP) is 2.68. The molecule has 4 rings (SSSR count). The number of anilines is 1. The number of fused-ring (bicyclic) bond motifs is 2. The van der Waals surface area contributed by atoms with Crippen LogP contribution in [0.4, 0.5) is 5.82 Å². The van der Waals surface area contributed by atoms with Gasteiger partial charge in [-0.1, -0.05) is 24.4 Å². The number of azide groups is 1. The maximum absolute atomic E-state index is 8.70. The van der Waals surface area contributed by atoms with Crippen molar-refractivity contribution >= 4 is 17.0 Å². The highest BCUT2D eigenvalue weighted by molar-refractivity contribution is 5.82. The standard InChI is InChI=1S/C19H24N8O3/c1-4-5-6-7-8-12-24-16(20)13-17(25-12)27(10-22-13)18-15-14(29-19(2,3)30-15)11(28-18)9-23-26-21/h10-11,14-15,18H,4-6,9H2,1-3H3,(H2,20,24,25)/t11-,14-,15-,18-/m1/s1. The Kier molecular flexibility index (Phi) is 5.49. The number of nitrogen functional groups attached to an aromatic ring is 1. The fourth-order valence-corrected chi connectivity index (χ4v) is 3.73. The summed E-state index contributed by atoms with van der Waals surface area (Å²) in [5.41, 5.74) is 15.8. The van der Waals surface area contributed by atoms with Crippen molar-refractivity contribution in [2.24, 2.45) is 5.11 Å². The Labute approximate surface area is 173 Å². The van der Waals surface area contributed by atoms with Crippen LogP contribution in [-0.4, -0.2) is 50.2 Å². The van der Waals surface area contributed by atoms with E-state index in [4.69, 9.17) is 25.5 Å². The minimum Gasteiger partial charge on any atom is -0.382 e. The molecule has 2 aromatic heterocycles. The second-order valence-electron chi connectivity index (χ2n) is 7.71. The molecule has 0 radical (unpaired) electrons. The van der Waals surface area contributed by atoms with Gasteiger partial charge >= 0.3 is 0 Å². The van der Waals surface area contributed by atoms with Crippen LogP contribution < -0.4 is 5.73 Å². The maximum Gasteiger partial charge on any atom is 0.208 e. The lowest BCUT2D eigenvalue weighted by Crippen LogP contribution is -2.31. The number of ether oxygens (including phenoxy) is 3. The molecule has 4 heterocycles. The Balaban J connectivity index is 1.70. The molecule has 2 aromatic rings. The third kappa shape index (κ3) is 3.78. The molecule has 30 heavy (non-hydrogen) atoms. The highest BCUT2D eigenvalue weighted by Crippen LogP contribution is 2.43. The van der Waals surface area contributed by atoms with Gasteiger partial charge in [0.2, 0.25) is 5.82 Å². The lowest BCUT2D eigenvalue weighted by atomic mass is 10.1. The van der Waals surface area contributed by atoms with E-state index in [-0.39, 0.29) is 18.5 Å². The average molecular weight is 412 g/mol. The van der Waals surface area contributed by atoms with Crippen molar-refractivity contribution in [3.05, 3.63) is 22.6 Å². The Bertz CT molecular complexity index is 1050. The Hall–Kier alpha value is -2.90. The second-order valence-corrected chi connectivity index (χ2v) is 7.71. The van der Waals surface area contributed by atoms with Crippen molar-refractivity contribution in [3.8, 4) is 11.8 Å². The number of imidazole rings is 1. The largest absolute Gasteiger partial charge is 0.382 e. The molecule has 0 unspecified atom stereocenters. The minimum atomic E-state index is -0.785. The predicted molar refractivity (Wildman–Crippen MR) is 108 cm³/mol. The molecule has 2 N–H and O–H groups in total. The number of rotatable bonds is 5. The molecular weight excluding hydrogens is 388 g/mol. The van der Waals surface area contributed by atoms with Crippen LogP contribution in [-0.2, 0) is 14.2 Å². The molecule has 11 nitrogen and oxygen atoms in total. The van der Waals surface area contributed by atoms with E-state index in [0.29, 0.717) is 17.0 Å². The van der Waals surface area contributed by atoms with E-state index in [9.17, 15) is 0 Å². The molecule has 11 heteroatoms. The zero-order chi connectivity index (χ0) is 21.3.